The second-order valence-corrected chi connectivity index (χ2v) is 6.23. The first-order valence-electron chi connectivity index (χ1n) is 8.61. The molecule has 0 bridgehead atoms. The number of hydrogen-bond acceptors (Lipinski definition) is 2. The number of fused-ring (bicyclic) bond motifs is 1. The minimum Gasteiger partial charge on any atom is -0.372 e. The van der Waals surface area contributed by atoms with Crippen LogP contribution in [0.15, 0.2) is 60.7 Å². The van der Waals surface area contributed by atoms with Gasteiger partial charge in [-0.3, -0.25) is 0 Å². The van der Waals surface area contributed by atoms with Crippen LogP contribution in [0.3, 0.4) is 0 Å². The number of pyridine rings is 1. The molecule has 1 aromatic heterocycles. The molecule has 1 aliphatic rings. The Morgan fingerprint density at radius 1 is 0.750 bits per heavy atom. The van der Waals surface area contributed by atoms with Crippen molar-refractivity contribution in [3.05, 3.63) is 71.9 Å². The van der Waals surface area contributed by atoms with Gasteiger partial charge in [0.05, 0.1) is 5.52 Å². The lowest BCUT2D eigenvalue weighted by atomic mass is 10.1. The lowest BCUT2D eigenvalue weighted by Crippen LogP contribution is -2.29. The van der Waals surface area contributed by atoms with Crippen LogP contribution >= 0.6 is 0 Å². The van der Waals surface area contributed by atoms with Crippen LogP contribution in [0.1, 0.15) is 30.5 Å². The number of rotatable bonds is 1. The molecule has 24 heavy (non-hydrogen) atoms. The Balaban J connectivity index is 1.53. The number of benzene rings is 2. The van der Waals surface area contributed by atoms with E-state index in [4.69, 9.17) is 0 Å². The summed E-state index contributed by atoms with van der Waals surface area (Å²) in [7, 11) is 0. The summed E-state index contributed by atoms with van der Waals surface area (Å²) < 4.78 is 0. The highest BCUT2D eigenvalue weighted by molar-refractivity contribution is 5.78. The fraction of sp³-hybridized carbons (Fsp3) is 0.227. The van der Waals surface area contributed by atoms with Crippen molar-refractivity contribution in [3.63, 3.8) is 0 Å². The first-order chi connectivity index (χ1) is 11.9. The predicted octanol–water partition coefficient (Wildman–Crippen LogP) is 4.62. The van der Waals surface area contributed by atoms with E-state index in [0.717, 1.165) is 22.2 Å². The third-order valence-corrected chi connectivity index (χ3v) is 4.52. The second-order valence-electron chi connectivity index (χ2n) is 6.23. The summed E-state index contributed by atoms with van der Waals surface area (Å²) in [5, 5.41) is 1.15. The molecule has 0 atom stereocenters. The van der Waals surface area contributed by atoms with Gasteiger partial charge in [-0.25, -0.2) is 4.98 Å². The first kappa shape index (κ1) is 14.8. The Hall–Kier alpha value is -2.79. The Labute approximate surface area is 143 Å². The topological polar surface area (TPSA) is 16.1 Å². The molecule has 1 aliphatic heterocycles. The molecule has 1 saturated heterocycles. The summed E-state index contributed by atoms with van der Waals surface area (Å²) in [6, 6.07) is 20.8. The monoisotopic (exact) mass is 312 g/mol. The lowest BCUT2D eigenvalue weighted by molar-refractivity contribution is 0.578. The van der Waals surface area contributed by atoms with Gasteiger partial charge in [-0.1, -0.05) is 30.2 Å². The van der Waals surface area contributed by atoms with E-state index in [9.17, 15) is 0 Å². The van der Waals surface area contributed by atoms with E-state index in [1.807, 2.05) is 24.3 Å². The number of para-hydroxylation sites is 1. The molecule has 2 aromatic carbocycles. The predicted molar refractivity (Wildman–Crippen MR) is 100 cm³/mol. The zero-order chi connectivity index (χ0) is 16.2. The molecule has 0 spiro atoms. The standard InChI is InChI=1S/C22H20N2/c1-4-16-24(17-5-1)21-14-9-18(10-15-21)8-12-20-13-11-19-6-2-3-7-22(19)23-20/h2-3,6-7,9-11,13-15H,1,4-5,16-17H2. The van der Waals surface area contributed by atoms with E-state index < -0.39 is 0 Å². The van der Waals surface area contributed by atoms with E-state index in [1.54, 1.807) is 0 Å². The average Bonchev–Trinajstić information content (AvgIpc) is 2.67. The quantitative estimate of drug-likeness (QED) is 0.609. The van der Waals surface area contributed by atoms with Crippen molar-refractivity contribution >= 4 is 16.6 Å². The van der Waals surface area contributed by atoms with Crippen LogP contribution in [-0.4, -0.2) is 18.1 Å². The molecule has 0 unspecified atom stereocenters. The fourth-order valence-corrected chi connectivity index (χ4v) is 3.18. The third-order valence-electron chi connectivity index (χ3n) is 4.52. The third kappa shape index (κ3) is 3.26. The average molecular weight is 312 g/mol. The van der Waals surface area contributed by atoms with E-state index in [2.05, 4.69) is 58.1 Å². The molecule has 0 N–H and O–H groups in total. The molecule has 2 nitrogen and oxygen atoms in total. The maximum Gasteiger partial charge on any atom is 0.114 e. The summed E-state index contributed by atoms with van der Waals surface area (Å²) >= 11 is 0. The van der Waals surface area contributed by atoms with Crippen LogP contribution in [0.4, 0.5) is 5.69 Å². The van der Waals surface area contributed by atoms with Crippen LogP contribution in [0.25, 0.3) is 10.9 Å². The van der Waals surface area contributed by atoms with E-state index in [0.29, 0.717) is 0 Å². The summed E-state index contributed by atoms with van der Waals surface area (Å²) in [6.07, 6.45) is 3.96. The molecule has 2 heteroatoms. The minimum atomic E-state index is 0.814. The number of nitrogens with zero attached hydrogens (tertiary/aromatic N) is 2. The van der Waals surface area contributed by atoms with Crippen LogP contribution in [-0.2, 0) is 0 Å². The smallest absolute Gasteiger partial charge is 0.114 e. The summed E-state index contributed by atoms with van der Waals surface area (Å²) in [4.78, 5) is 7.06. The highest BCUT2D eigenvalue weighted by Gasteiger charge is 2.10. The Kier molecular flexibility index (Phi) is 4.16. The zero-order valence-electron chi connectivity index (χ0n) is 13.7. The summed E-state index contributed by atoms with van der Waals surface area (Å²) in [6.45, 7) is 2.35. The molecule has 0 saturated carbocycles. The van der Waals surface area contributed by atoms with Gasteiger partial charge in [0, 0.05) is 29.7 Å². The molecular formula is C22H20N2. The zero-order valence-corrected chi connectivity index (χ0v) is 13.7. The maximum absolute atomic E-state index is 4.60. The first-order valence-corrected chi connectivity index (χ1v) is 8.61. The number of aromatic nitrogens is 1. The van der Waals surface area contributed by atoms with Crippen molar-refractivity contribution in [1.29, 1.82) is 0 Å². The van der Waals surface area contributed by atoms with Gasteiger partial charge in [-0.15, -0.1) is 0 Å². The van der Waals surface area contributed by atoms with E-state index in [-0.39, 0.29) is 0 Å². The molecule has 0 aliphatic carbocycles. The number of piperidine rings is 1. The van der Waals surface area contributed by atoms with Crippen molar-refractivity contribution in [2.24, 2.45) is 0 Å². The van der Waals surface area contributed by atoms with E-state index >= 15 is 0 Å². The highest BCUT2D eigenvalue weighted by Crippen LogP contribution is 2.20. The van der Waals surface area contributed by atoms with Crippen LogP contribution in [0.2, 0.25) is 0 Å². The largest absolute Gasteiger partial charge is 0.372 e. The Morgan fingerprint density at radius 2 is 1.54 bits per heavy atom. The van der Waals surface area contributed by atoms with E-state index in [1.165, 1.54) is 38.0 Å². The van der Waals surface area contributed by atoms with Crippen molar-refractivity contribution in [2.45, 2.75) is 19.3 Å². The van der Waals surface area contributed by atoms with Crippen LogP contribution < -0.4 is 4.90 Å². The van der Waals surface area contributed by atoms with Gasteiger partial charge in [-0.05, 0) is 61.6 Å². The SMILES string of the molecule is C(#Cc1ccc2ccccc2n1)c1ccc(N2CCCCC2)cc1. The number of hydrogen-bond donors (Lipinski definition) is 0. The molecule has 0 radical (unpaired) electrons. The van der Waals surface area contributed by atoms with Crippen LogP contribution in [0.5, 0.6) is 0 Å². The molecule has 118 valence electrons. The van der Waals surface area contributed by atoms with Gasteiger partial charge < -0.3 is 4.90 Å². The van der Waals surface area contributed by atoms with Gasteiger partial charge in [0.1, 0.15) is 5.69 Å². The normalized spacial score (nSPS) is 14.2. The van der Waals surface area contributed by atoms with Gasteiger partial charge in [0.15, 0.2) is 0 Å². The van der Waals surface area contributed by atoms with Crippen molar-refractivity contribution in [2.75, 3.05) is 18.0 Å². The highest BCUT2D eigenvalue weighted by atomic mass is 15.1. The van der Waals surface area contributed by atoms with Crippen molar-refractivity contribution in [1.82, 2.24) is 4.98 Å². The van der Waals surface area contributed by atoms with Crippen LogP contribution in [0, 0.1) is 11.8 Å². The van der Waals surface area contributed by atoms with Gasteiger partial charge in [-0.2, -0.15) is 0 Å². The van der Waals surface area contributed by atoms with Gasteiger partial charge in [0.2, 0.25) is 0 Å². The van der Waals surface area contributed by atoms with Crippen molar-refractivity contribution < 1.29 is 0 Å². The molecular weight excluding hydrogens is 292 g/mol. The Morgan fingerprint density at radius 3 is 2.38 bits per heavy atom. The van der Waals surface area contributed by atoms with Gasteiger partial charge >= 0.3 is 0 Å². The van der Waals surface area contributed by atoms with Gasteiger partial charge in [0.25, 0.3) is 0 Å². The maximum atomic E-state index is 4.60. The molecule has 3 aromatic rings. The number of anilines is 1. The summed E-state index contributed by atoms with van der Waals surface area (Å²) in [5.41, 5.74) is 4.15. The molecule has 2 heterocycles. The Bertz CT molecular complexity index is 894. The lowest BCUT2D eigenvalue weighted by Gasteiger charge is -2.28. The molecule has 4 rings (SSSR count). The summed E-state index contributed by atoms with van der Waals surface area (Å²) in [5.74, 6) is 6.40. The van der Waals surface area contributed by atoms with Crippen molar-refractivity contribution in [3.8, 4) is 11.8 Å². The molecule has 1 fully saturated rings. The molecule has 0 amide bonds. The second kappa shape index (κ2) is 6.76. The fourth-order valence-electron chi connectivity index (χ4n) is 3.18. The minimum absolute atomic E-state index is 0.814.